The first-order valence-corrected chi connectivity index (χ1v) is 10.2. The first kappa shape index (κ1) is 17.7. The molecule has 3 aliphatic heterocycles. The van der Waals surface area contributed by atoms with Crippen molar-refractivity contribution < 1.29 is 9.53 Å². The number of esters is 1. The summed E-state index contributed by atoms with van der Waals surface area (Å²) in [6, 6.07) is 9.15. The average Bonchev–Trinajstić information content (AvgIpc) is 2.55. The van der Waals surface area contributed by atoms with Gasteiger partial charge in [-0.1, -0.05) is 0 Å². The number of nitrogens with one attached hydrogen (secondary N) is 2. The van der Waals surface area contributed by atoms with E-state index in [0.29, 0.717) is 23.5 Å². The highest BCUT2D eigenvalue weighted by Gasteiger charge is 2.70. The summed E-state index contributed by atoms with van der Waals surface area (Å²) in [7, 11) is 0. The Kier molecular flexibility index (Phi) is 3.69. The van der Waals surface area contributed by atoms with Crippen LogP contribution in [0.5, 0.6) is 0 Å². The molecular formula is C22H27N3O3. The number of hydrogen-bond acceptors (Lipinski definition) is 5. The molecule has 0 spiro atoms. The van der Waals surface area contributed by atoms with E-state index in [2.05, 4.69) is 15.2 Å². The van der Waals surface area contributed by atoms with E-state index in [1.54, 1.807) is 6.20 Å². The van der Waals surface area contributed by atoms with Gasteiger partial charge in [0.2, 0.25) is 0 Å². The zero-order valence-corrected chi connectivity index (χ0v) is 16.6. The normalized spacial score (nSPS) is 31.5. The quantitative estimate of drug-likeness (QED) is 0.800. The summed E-state index contributed by atoms with van der Waals surface area (Å²) in [5, 5.41) is 5.32. The molecule has 0 amide bonds. The maximum absolute atomic E-state index is 12.7. The summed E-state index contributed by atoms with van der Waals surface area (Å²) in [5.41, 5.74) is 0.213. The number of pyridine rings is 1. The van der Waals surface area contributed by atoms with Gasteiger partial charge in [0.15, 0.2) is 0 Å². The molecule has 0 aliphatic carbocycles. The Bertz CT molecular complexity index is 990. The van der Waals surface area contributed by atoms with Crippen LogP contribution in [-0.4, -0.2) is 45.1 Å². The molecule has 1 aromatic heterocycles. The lowest BCUT2D eigenvalue weighted by Gasteiger charge is -2.71. The molecule has 2 unspecified atom stereocenters. The van der Waals surface area contributed by atoms with Crippen molar-refractivity contribution in [1.82, 2.24) is 9.88 Å². The van der Waals surface area contributed by atoms with Crippen molar-refractivity contribution in [3.05, 3.63) is 40.8 Å². The molecule has 6 heteroatoms. The maximum atomic E-state index is 12.7. The highest BCUT2D eigenvalue weighted by molar-refractivity contribution is 5.85. The molecule has 0 radical (unpaired) electrons. The Labute approximate surface area is 164 Å². The van der Waals surface area contributed by atoms with Gasteiger partial charge >= 0.3 is 5.97 Å². The highest BCUT2D eigenvalue weighted by Crippen LogP contribution is 2.57. The number of ether oxygens (including phenoxy) is 1. The number of fused-ring (bicyclic) bond motifs is 1. The van der Waals surface area contributed by atoms with Crippen molar-refractivity contribution in [3.63, 3.8) is 0 Å². The molecule has 3 saturated heterocycles. The lowest BCUT2D eigenvalue weighted by atomic mass is 9.59. The van der Waals surface area contributed by atoms with E-state index in [-0.39, 0.29) is 17.1 Å². The monoisotopic (exact) mass is 381 g/mol. The summed E-state index contributed by atoms with van der Waals surface area (Å²) in [6.45, 7) is 5.80. The van der Waals surface area contributed by atoms with E-state index in [0.717, 1.165) is 36.8 Å². The van der Waals surface area contributed by atoms with Crippen LogP contribution in [0.4, 0.5) is 5.69 Å². The SMILES string of the molecule is CC(C)(C)OC(=O)C12CC3C[C@@H](Nc4ccc5c(=O)[nH]ccc5c4)C[C@H](C1)N32. The molecular weight excluding hydrogens is 354 g/mol. The van der Waals surface area contributed by atoms with Crippen molar-refractivity contribution in [2.45, 2.75) is 75.7 Å². The van der Waals surface area contributed by atoms with Gasteiger partial charge in [-0.05, 0) is 76.1 Å². The number of nitrogens with zero attached hydrogens (tertiary/aromatic N) is 1. The molecule has 2 aromatic rings. The number of carbonyl (C=O) groups is 1. The molecule has 4 atom stereocenters. The third-order valence-corrected chi connectivity index (χ3v) is 6.46. The van der Waals surface area contributed by atoms with Crippen LogP contribution in [0.3, 0.4) is 0 Å². The molecule has 6 nitrogen and oxygen atoms in total. The zero-order valence-electron chi connectivity index (χ0n) is 16.6. The Hall–Kier alpha value is -2.34. The van der Waals surface area contributed by atoms with Crippen LogP contribution in [0.25, 0.3) is 10.8 Å². The van der Waals surface area contributed by atoms with Crippen molar-refractivity contribution in [3.8, 4) is 0 Å². The number of piperidine rings is 2. The molecule has 1 aromatic carbocycles. The van der Waals surface area contributed by atoms with Gasteiger partial charge in [-0.25, -0.2) is 0 Å². The smallest absolute Gasteiger partial charge is 0.327 e. The molecule has 28 heavy (non-hydrogen) atoms. The molecule has 4 heterocycles. The number of aromatic nitrogens is 1. The third-order valence-electron chi connectivity index (χ3n) is 6.46. The first-order valence-electron chi connectivity index (χ1n) is 10.2. The number of benzene rings is 1. The molecule has 0 bridgehead atoms. The van der Waals surface area contributed by atoms with Gasteiger partial charge in [0.25, 0.3) is 5.56 Å². The summed E-state index contributed by atoms with van der Waals surface area (Å²) in [4.78, 5) is 29.7. The van der Waals surface area contributed by atoms with E-state index in [1.807, 2.05) is 45.0 Å². The highest BCUT2D eigenvalue weighted by atomic mass is 16.6. The second-order valence-corrected chi connectivity index (χ2v) is 9.58. The minimum absolute atomic E-state index is 0.0429. The van der Waals surface area contributed by atoms with E-state index in [4.69, 9.17) is 4.74 Å². The molecule has 0 saturated carbocycles. The fourth-order valence-corrected chi connectivity index (χ4v) is 5.47. The molecule has 3 fully saturated rings. The van der Waals surface area contributed by atoms with Crippen LogP contribution in [0.1, 0.15) is 46.5 Å². The van der Waals surface area contributed by atoms with Gasteiger partial charge in [0, 0.05) is 35.4 Å². The Morgan fingerprint density at radius 1 is 1.21 bits per heavy atom. The minimum atomic E-state index is -0.431. The number of hydrogen-bond donors (Lipinski definition) is 2. The number of aromatic amines is 1. The Balaban J connectivity index is 1.26. The van der Waals surface area contributed by atoms with Gasteiger partial charge in [0.1, 0.15) is 11.1 Å². The van der Waals surface area contributed by atoms with Gasteiger partial charge in [0.05, 0.1) is 0 Å². The summed E-state index contributed by atoms with van der Waals surface area (Å²) in [5.74, 6) is -0.0429. The number of carbonyl (C=O) groups excluding carboxylic acids is 1. The molecule has 3 aliphatic rings. The third kappa shape index (κ3) is 2.65. The number of H-pyrrole nitrogens is 1. The van der Waals surface area contributed by atoms with Crippen LogP contribution in [0.15, 0.2) is 35.3 Å². The topological polar surface area (TPSA) is 74.4 Å². The lowest BCUT2D eigenvalue weighted by Crippen LogP contribution is -2.84. The molecule has 148 valence electrons. The van der Waals surface area contributed by atoms with Gasteiger partial charge in [-0.15, -0.1) is 0 Å². The van der Waals surface area contributed by atoms with Crippen LogP contribution >= 0.6 is 0 Å². The van der Waals surface area contributed by atoms with E-state index >= 15 is 0 Å². The average molecular weight is 381 g/mol. The second kappa shape index (κ2) is 5.83. The largest absolute Gasteiger partial charge is 0.459 e. The predicted molar refractivity (Wildman–Crippen MR) is 108 cm³/mol. The van der Waals surface area contributed by atoms with Crippen LogP contribution in [0, 0.1) is 0 Å². The summed E-state index contributed by atoms with van der Waals surface area (Å²) < 4.78 is 5.68. The van der Waals surface area contributed by atoms with Crippen LogP contribution in [0.2, 0.25) is 0 Å². The van der Waals surface area contributed by atoms with Gasteiger partial charge in [-0.3, -0.25) is 14.5 Å². The first-order chi connectivity index (χ1) is 13.2. The predicted octanol–water partition coefficient (Wildman–Crippen LogP) is 3.03. The fraction of sp³-hybridized carbons (Fsp3) is 0.545. The van der Waals surface area contributed by atoms with Crippen molar-refractivity contribution in [1.29, 1.82) is 0 Å². The standard InChI is InChI=1S/C22H27N3O3/c1-21(2,3)28-20(27)22-11-16-9-15(10-17(12-22)25(16)22)24-14-4-5-18-13(8-14)6-7-23-19(18)26/h4-8,15-17,24H,9-12H2,1-3H3,(H,23,26)/t15-,16+,17?,22?/m0/s1. The van der Waals surface area contributed by atoms with Crippen molar-refractivity contribution in [2.24, 2.45) is 0 Å². The molecule has 5 rings (SSSR count). The minimum Gasteiger partial charge on any atom is -0.459 e. The second-order valence-electron chi connectivity index (χ2n) is 9.58. The Morgan fingerprint density at radius 3 is 2.61 bits per heavy atom. The maximum Gasteiger partial charge on any atom is 0.327 e. The van der Waals surface area contributed by atoms with Crippen molar-refractivity contribution in [2.75, 3.05) is 5.32 Å². The Morgan fingerprint density at radius 2 is 1.93 bits per heavy atom. The number of anilines is 1. The summed E-state index contributed by atoms with van der Waals surface area (Å²) in [6.07, 6.45) is 5.57. The van der Waals surface area contributed by atoms with Gasteiger partial charge < -0.3 is 15.0 Å². The van der Waals surface area contributed by atoms with Crippen LogP contribution in [-0.2, 0) is 9.53 Å². The molecule has 2 N–H and O–H groups in total. The zero-order chi connectivity index (χ0) is 19.7. The van der Waals surface area contributed by atoms with Crippen molar-refractivity contribution >= 4 is 22.4 Å². The van der Waals surface area contributed by atoms with Gasteiger partial charge in [-0.2, -0.15) is 0 Å². The lowest BCUT2D eigenvalue weighted by molar-refractivity contribution is -0.241. The number of rotatable bonds is 3. The van der Waals surface area contributed by atoms with E-state index in [1.165, 1.54) is 0 Å². The summed E-state index contributed by atoms with van der Waals surface area (Å²) >= 11 is 0. The fourth-order valence-electron chi connectivity index (χ4n) is 5.47. The van der Waals surface area contributed by atoms with E-state index < -0.39 is 5.60 Å². The van der Waals surface area contributed by atoms with Crippen LogP contribution < -0.4 is 10.9 Å². The van der Waals surface area contributed by atoms with E-state index in [9.17, 15) is 9.59 Å².